The first-order valence-corrected chi connectivity index (χ1v) is 5.66. The second-order valence-electron chi connectivity index (χ2n) is 2.96. The van der Waals surface area contributed by atoms with E-state index in [9.17, 15) is 4.79 Å². The topological polar surface area (TPSA) is 29.1 Å². The minimum atomic E-state index is -0.133. The highest BCUT2D eigenvalue weighted by Gasteiger charge is 2.09. The number of hydrogen-bond acceptors (Lipinski definition) is 1. The van der Waals surface area contributed by atoms with E-state index in [1.165, 1.54) is 0 Å². The number of hydrogen-bond donors (Lipinski definition) is 1. The molecule has 1 aromatic rings. The molecule has 0 aliphatic carbocycles. The Balaban J connectivity index is 2.72. The van der Waals surface area contributed by atoms with E-state index in [-0.39, 0.29) is 5.91 Å². The van der Waals surface area contributed by atoms with Gasteiger partial charge in [0, 0.05) is 16.0 Å². The molecule has 0 unspecified atom stereocenters. The van der Waals surface area contributed by atoms with Crippen LogP contribution in [-0.2, 0) is 0 Å². The Labute approximate surface area is 102 Å². The predicted molar refractivity (Wildman–Crippen MR) is 66.3 cm³/mol. The second kappa shape index (κ2) is 5.93. The van der Waals surface area contributed by atoms with E-state index >= 15 is 0 Å². The van der Waals surface area contributed by atoms with Crippen LogP contribution in [0.5, 0.6) is 0 Å². The fraction of sp³-hybridized carbons (Fsp3) is 0.182. The van der Waals surface area contributed by atoms with Crippen molar-refractivity contribution in [3.8, 4) is 0 Å². The van der Waals surface area contributed by atoms with Gasteiger partial charge < -0.3 is 5.32 Å². The summed E-state index contributed by atoms with van der Waals surface area (Å²) in [5.74, 6) is -0.133. The smallest absolute Gasteiger partial charge is 0.252 e. The number of benzene rings is 1. The fourth-order valence-electron chi connectivity index (χ4n) is 1.05. The maximum atomic E-state index is 11.7. The standard InChI is InChI=1S/C11H11BrClNO/c1-2-3-6-14-11(15)9-7-8(13)4-5-10(9)12/h2,4-5,7H,1,3,6H2,(H,14,15). The largest absolute Gasteiger partial charge is 0.352 e. The molecule has 15 heavy (non-hydrogen) atoms. The van der Waals surface area contributed by atoms with Crippen molar-refractivity contribution in [3.63, 3.8) is 0 Å². The Morgan fingerprint density at radius 2 is 2.33 bits per heavy atom. The lowest BCUT2D eigenvalue weighted by molar-refractivity contribution is 0.0953. The van der Waals surface area contributed by atoms with E-state index in [1.807, 2.05) is 0 Å². The van der Waals surface area contributed by atoms with E-state index in [2.05, 4.69) is 27.8 Å². The Hall–Kier alpha value is -0.800. The fourth-order valence-corrected chi connectivity index (χ4v) is 1.65. The third-order valence-corrected chi connectivity index (χ3v) is 2.73. The van der Waals surface area contributed by atoms with Crippen LogP contribution < -0.4 is 5.32 Å². The van der Waals surface area contributed by atoms with E-state index < -0.39 is 0 Å². The van der Waals surface area contributed by atoms with Crippen molar-refractivity contribution in [1.29, 1.82) is 0 Å². The zero-order chi connectivity index (χ0) is 11.3. The minimum Gasteiger partial charge on any atom is -0.352 e. The molecule has 1 amide bonds. The van der Waals surface area contributed by atoms with Gasteiger partial charge in [0.25, 0.3) is 5.91 Å². The summed E-state index contributed by atoms with van der Waals surface area (Å²) in [5.41, 5.74) is 0.548. The molecule has 1 rings (SSSR count). The van der Waals surface area contributed by atoms with E-state index in [0.717, 1.165) is 10.9 Å². The molecule has 0 spiro atoms. The molecule has 0 fully saturated rings. The van der Waals surface area contributed by atoms with Crippen LogP contribution in [0, 0.1) is 0 Å². The SMILES string of the molecule is C=CCCNC(=O)c1cc(Cl)ccc1Br. The molecule has 0 aliphatic heterocycles. The van der Waals surface area contributed by atoms with Gasteiger partial charge in [-0.15, -0.1) is 6.58 Å². The van der Waals surface area contributed by atoms with E-state index in [4.69, 9.17) is 11.6 Å². The molecule has 0 aromatic heterocycles. The van der Waals surface area contributed by atoms with Gasteiger partial charge in [0.2, 0.25) is 0 Å². The number of carbonyl (C=O) groups is 1. The summed E-state index contributed by atoms with van der Waals surface area (Å²) >= 11 is 9.11. The van der Waals surface area contributed by atoms with Crippen molar-refractivity contribution in [2.45, 2.75) is 6.42 Å². The second-order valence-corrected chi connectivity index (χ2v) is 4.25. The Kier molecular flexibility index (Phi) is 4.85. The monoisotopic (exact) mass is 287 g/mol. The Bertz CT molecular complexity index is 379. The first-order chi connectivity index (χ1) is 7.15. The molecule has 0 heterocycles. The number of rotatable bonds is 4. The van der Waals surface area contributed by atoms with Crippen LogP contribution in [0.2, 0.25) is 5.02 Å². The van der Waals surface area contributed by atoms with Gasteiger partial charge in [-0.3, -0.25) is 4.79 Å². The normalized spacial score (nSPS) is 9.73. The lowest BCUT2D eigenvalue weighted by Gasteiger charge is -2.05. The molecule has 0 atom stereocenters. The van der Waals surface area contributed by atoms with Gasteiger partial charge in [-0.25, -0.2) is 0 Å². The van der Waals surface area contributed by atoms with E-state index in [1.54, 1.807) is 24.3 Å². The number of carbonyl (C=O) groups excluding carboxylic acids is 1. The molecule has 0 aliphatic rings. The maximum absolute atomic E-state index is 11.7. The average Bonchev–Trinajstić information content (AvgIpc) is 2.22. The molecule has 4 heteroatoms. The van der Waals surface area contributed by atoms with Crippen LogP contribution in [0.15, 0.2) is 35.3 Å². The third kappa shape index (κ3) is 3.68. The molecular formula is C11H11BrClNO. The quantitative estimate of drug-likeness (QED) is 0.667. The minimum absolute atomic E-state index is 0.133. The molecule has 80 valence electrons. The van der Waals surface area contributed by atoms with Crippen molar-refractivity contribution in [2.75, 3.05) is 6.54 Å². The molecule has 0 saturated carbocycles. The van der Waals surface area contributed by atoms with Crippen molar-refractivity contribution >= 4 is 33.4 Å². The van der Waals surface area contributed by atoms with Crippen molar-refractivity contribution in [1.82, 2.24) is 5.32 Å². The van der Waals surface area contributed by atoms with Gasteiger partial charge in [0.15, 0.2) is 0 Å². The highest BCUT2D eigenvalue weighted by Crippen LogP contribution is 2.20. The summed E-state index contributed by atoms with van der Waals surface area (Å²) in [6.07, 6.45) is 2.51. The summed E-state index contributed by atoms with van der Waals surface area (Å²) in [6, 6.07) is 5.12. The van der Waals surface area contributed by atoms with Crippen LogP contribution >= 0.6 is 27.5 Å². The summed E-state index contributed by atoms with van der Waals surface area (Å²) < 4.78 is 0.739. The molecule has 0 saturated heterocycles. The zero-order valence-corrected chi connectivity index (χ0v) is 10.4. The number of nitrogens with one attached hydrogen (secondary N) is 1. The van der Waals surface area contributed by atoms with Crippen LogP contribution in [-0.4, -0.2) is 12.5 Å². The summed E-state index contributed by atoms with van der Waals surface area (Å²) in [4.78, 5) is 11.7. The van der Waals surface area contributed by atoms with Crippen LogP contribution in [0.1, 0.15) is 16.8 Å². The molecule has 0 bridgehead atoms. The van der Waals surface area contributed by atoms with Crippen molar-refractivity contribution < 1.29 is 4.79 Å². The third-order valence-electron chi connectivity index (χ3n) is 1.81. The molecule has 0 radical (unpaired) electrons. The van der Waals surface area contributed by atoms with Gasteiger partial charge in [0.1, 0.15) is 0 Å². The predicted octanol–water partition coefficient (Wildman–Crippen LogP) is 3.41. The molecule has 1 aromatic carbocycles. The zero-order valence-electron chi connectivity index (χ0n) is 8.09. The van der Waals surface area contributed by atoms with Crippen LogP contribution in [0.25, 0.3) is 0 Å². The van der Waals surface area contributed by atoms with Crippen molar-refractivity contribution in [3.05, 3.63) is 45.9 Å². The number of halogens is 2. The molecular weight excluding hydrogens is 277 g/mol. The number of amides is 1. The van der Waals surface area contributed by atoms with E-state index in [0.29, 0.717) is 17.1 Å². The Morgan fingerprint density at radius 1 is 1.60 bits per heavy atom. The maximum Gasteiger partial charge on any atom is 0.252 e. The van der Waals surface area contributed by atoms with Crippen molar-refractivity contribution in [2.24, 2.45) is 0 Å². The Morgan fingerprint density at radius 3 is 3.00 bits per heavy atom. The first kappa shape index (κ1) is 12.3. The lowest BCUT2D eigenvalue weighted by atomic mass is 10.2. The summed E-state index contributed by atoms with van der Waals surface area (Å²) in [7, 11) is 0. The first-order valence-electron chi connectivity index (χ1n) is 4.49. The average molecular weight is 289 g/mol. The lowest BCUT2D eigenvalue weighted by Crippen LogP contribution is -2.24. The summed E-state index contributed by atoms with van der Waals surface area (Å²) in [5, 5.41) is 3.32. The molecule has 1 N–H and O–H groups in total. The van der Waals surface area contributed by atoms with Crippen LogP contribution in [0.3, 0.4) is 0 Å². The highest BCUT2D eigenvalue weighted by molar-refractivity contribution is 9.10. The van der Waals surface area contributed by atoms with Gasteiger partial charge in [-0.05, 0) is 40.5 Å². The van der Waals surface area contributed by atoms with Gasteiger partial charge >= 0.3 is 0 Å². The van der Waals surface area contributed by atoms with Gasteiger partial charge in [-0.1, -0.05) is 17.7 Å². The molecule has 2 nitrogen and oxygen atoms in total. The van der Waals surface area contributed by atoms with Gasteiger partial charge in [-0.2, -0.15) is 0 Å². The highest BCUT2D eigenvalue weighted by atomic mass is 79.9. The van der Waals surface area contributed by atoms with Gasteiger partial charge in [0.05, 0.1) is 5.56 Å². The van der Waals surface area contributed by atoms with Crippen LogP contribution in [0.4, 0.5) is 0 Å². The summed E-state index contributed by atoms with van der Waals surface area (Å²) in [6.45, 7) is 4.16.